The van der Waals surface area contributed by atoms with E-state index in [4.69, 9.17) is 10.5 Å². The largest absolute Gasteiger partial charge is 0.456 e. The molecule has 1 aromatic carbocycles. The Morgan fingerprint density at radius 3 is 2.53 bits per heavy atom. The fraction of sp³-hybridized carbons (Fsp3) is 0.320. The van der Waals surface area contributed by atoms with Gasteiger partial charge in [-0.1, -0.05) is 0 Å². The number of nitrogens with two attached hydrogens (primary N) is 1. The minimum atomic E-state index is -3.69. The van der Waals surface area contributed by atoms with Gasteiger partial charge in [0.05, 0.1) is 11.9 Å². The maximum absolute atomic E-state index is 13.1. The Labute approximate surface area is 208 Å². The molecule has 2 atom stereocenters. The first-order valence-corrected chi connectivity index (χ1v) is 13.2. The lowest BCUT2D eigenvalue weighted by molar-refractivity contribution is -0.131. The smallest absolute Gasteiger partial charge is 0.266 e. The van der Waals surface area contributed by atoms with E-state index in [1.165, 1.54) is 42.7 Å². The van der Waals surface area contributed by atoms with E-state index >= 15 is 0 Å². The van der Waals surface area contributed by atoms with Crippen LogP contribution < -0.4 is 16.0 Å². The molecular formula is C25H27FN4O5S. The van der Waals surface area contributed by atoms with Crippen LogP contribution in [-0.2, 0) is 20.2 Å². The number of ether oxygens (including phenoxy) is 1. The molecule has 1 fully saturated rings. The highest BCUT2D eigenvalue weighted by atomic mass is 32.2. The van der Waals surface area contributed by atoms with Crippen LogP contribution >= 0.6 is 0 Å². The van der Waals surface area contributed by atoms with Crippen molar-refractivity contribution in [3.05, 3.63) is 82.3 Å². The average Bonchev–Trinajstić information content (AvgIpc) is 2.85. The number of carbonyl (C=O) groups excluding carboxylic acids is 1. The van der Waals surface area contributed by atoms with E-state index < -0.39 is 26.8 Å². The summed E-state index contributed by atoms with van der Waals surface area (Å²) in [5.41, 5.74) is 5.08. The molecule has 1 aliphatic heterocycles. The fourth-order valence-corrected chi connectivity index (χ4v) is 5.20. The van der Waals surface area contributed by atoms with Crippen LogP contribution in [-0.4, -0.2) is 48.5 Å². The first-order chi connectivity index (χ1) is 17.0. The molecule has 36 heavy (non-hydrogen) atoms. The van der Waals surface area contributed by atoms with Crippen LogP contribution in [0.25, 0.3) is 0 Å². The van der Waals surface area contributed by atoms with E-state index in [1.807, 2.05) is 4.90 Å². The zero-order chi connectivity index (χ0) is 26.1. The molecule has 0 spiro atoms. The van der Waals surface area contributed by atoms with E-state index in [-0.39, 0.29) is 16.6 Å². The van der Waals surface area contributed by atoms with Crippen LogP contribution in [0.3, 0.4) is 0 Å². The first-order valence-electron chi connectivity index (χ1n) is 11.4. The van der Waals surface area contributed by atoms with Crippen molar-refractivity contribution in [3.8, 4) is 11.5 Å². The van der Waals surface area contributed by atoms with Crippen molar-refractivity contribution in [3.63, 3.8) is 0 Å². The van der Waals surface area contributed by atoms with E-state index in [0.717, 1.165) is 19.1 Å². The highest BCUT2D eigenvalue weighted by Crippen LogP contribution is 2.36. The summed E-state index contributed by atoms with van der Waals surface area (Å²) in [6.07, 6.45) is 5.47. The van der Waals surface area contributed by atoms with Crippen LogP contribution in [0.4, 0.5) is 4.39 Å². The van der Waals surface area contributed by atoms with Gasteiger partial charge in [0.1, 0.15) is 27.8 Å². The summed E-state index contributed by atoms with van der Waals surface area (Å²) in [5, 5.41) is 0. The number of piperidine rings is 1. The van der Waals surface area contributed by atoms with Gasteiger partial charge in [0.25, 0.3) is 5.56 Å². The number of sulfone groups is 1. The molecule has 0 radical (unpaired) electrons. The number of H-pyrrole nitrogens is 1. The third kappa shape index (κ3) is 5.17. The molecule has 190 valence electrons. The Hall–Kier alpha value is -3.57. The molecule has 0 bridgehead atoms. The van der Waals surface area contributed by atoms with Crippen molar-refractivity contribution in [2.24, 2.45) is 5.73 Å². The number of likely N-dealkylation sites (tertiary alicyclic amines) is 1. The van der Waals surface area contributed by atoms with Crippen LogP contribution in [0, 0.1) is 5.82 Å². The first kappa shape index (κ1) is 25.5. The van der Waals surface area contributed by atoms with Gasteiger partial charge in [-0.15, -0.1) is 0 Å². The van der Waals surface area contributed by atoms with Gasteiger partial charge in [0.2, 0.25) is 5.91 Å². The summed E-state index contributed by atoms with van der Waals surface area (Å²) in [5.74, 6) is -0.230. The topological polar surface area (TPSA) is 135 Å². The van der Waals surface area contributed by atoms with E-state index in [1.54, 1.807) is 19.1 Å². The predicted molar refractivity (Wildman–Crippen MR) is 131 cm³/mol. The summed E-state index contributed by atoms with van der Waals surface area (Å²) < 4.78 is 42.9. The number of halogens is 1. The number of amides is 1. The summed E-state index contributed by atoms with van der Waals surface area (Å²) in [6, 6.07) is 10.3. The van der Waals surface area contributed by atoms with Crippen molar-refractivity contribution in [1.29, 1.82) is 0 Å². The Morgan fingerprint density at radius 2 is 1.92 bits per heavy atom. The third-order valence-corrected chi connectivity index (χ3v) is 7.68. The van der Waals surface area contributed by atoms with Gasteiger partial charge in [0, 0.05) is 19.0 Å². The summed E-state index contributed by atoms with van der Waals surface area (Å²) >= 11 is 0. The van der Waals surface area contributed by atoms with Gasteiger partial charge in [0.15, 0.2) is 9.84 Å². The molecule has 2 aromatic heterocycles. The van der Waals surface area contributed by atoms with Gasteiger partial charge in [-0.25, -0.2) is 12.8 Å². The van der Waals surface area contributed by atoms with Crippen LogP contribution in [0.5, 0.6) is 11.5 Å². The lowest BCUT2D eigenvalue weighted by atomic mass is 9.85. The Morgan fingerprint density at radius 1 is 1.22 bits per heavy atom. The lowest BCUT2D eigenvalue weighted by Gasteiger charge is -2.43. The minimum Gasteiger partial charge on any atom is -0.456 e. The number of nitrogens with one attached hydrogen (secondary N) is 1. The normalized spacial score (nSPS) is 18.4. The molecule has 3 aromatic rings. The molecule has 11 heteroatoms. The fourth-order valence-electron chi connectivity index (χ4n) is 4.46. The van der Waals surface area contributed by atoms with Crippen LogP contribution in [0.2, 0.25) is 0 Å². The molecule has 0 saturated carbocycles. The molecule has 9 nitrogen and oxygen atoms in total. The predicted octanol–water partition coefficient (Wildman–Crippen LogP) is 2.68. The number of pyridine rings is 2. The van der Waals surface area contributed by atoms with Crippen molar-refractivity contribution in [1.82, 2.24) is 14.9 Å². The van der Waals surface area contributed by atoms with Gasteiger partial charge in [-0.3, -0.25) is 19.5 Å². The SMILES string of the molecule is CC(C(N)=O)(c1ccc(Oc2ccc(F)cc2)cn1)N1CCC[C@H](c2c[nH]c(=O)c(S(C)(=O)=O)c2)C1. The molecule has 4 rings (SSSR count). The molecular weight excluding hydrogens is 487 g/mol. The quantitative estimate of drug-likeness (QED) is 0.495. The number of hydrogen-bond donors (Lipinski definition) is 2. The molecule has 1 saturated heterocycles. The number of aromatic amines is 1. The monoisotopic (exact) mass is 514 g/mol. The molecule has 1 aliphatic rings. The van der Waals surface area contributed by atoms with E-state index in [9.17, 15) is 22.4 Å². The Bertz CT molecular complexity index is 1420. The van der Waals surface area contributed by atoms with Crippen molar-refractivity contribution >= 4 is 15.7 Å². The third-order valence-electron chi connectivity index (χ3n) is 6.58. The van der Waals surface area contributed by atoms with E-state index in [2.05, 4.69) is 9.97 Å². The highest BCUT2D eigenvalue weighted by molar-refractivity contribution is 7.90. The maximum Gasteiger partial charge on any atom is 0.266 e. The highest BCUT2D eigenvalue weighted by Gasteiger charge is 2.43. The van der Waals surface area contributed by atoms with Gasteiger partial charge in [-0.05, 0) is 80.3 Å². The molecule has 1 amide bonds. The second kappa shape index (κ2) is 9.82. The molecule has 0 aliphatic carbocycles. The zero-order valence-corrected chi connectivity index (χ0v) is 20.7. The van der Waals surface area contributed by atoms with Crippen molar-refractivity contribution in [2.75, 3.05) is 19.3 Å². The second-order valence-electron chi connectivity index (χ2n) is 9.06. The Balaban J connectivity index is 1.59. The summed E-state index contributed by atoms with van der Waals surface area (Å²) in [7, 11) is -3.69. The number of nitrogens with zero attached hydrogens (tertiary/aromatic N) is 2. The van der Waals surface area contributed by atoms with Crippen LogP contribution in [0.15, 0.2) is 64.5 Å². The standard InChI is InChI=1S/C25H27FN4O5S/c1-25(24(27)32,22-10-9-20(14-28-22)35-19-7-5-18(26)6-8-19)30-11-3-4-16(15-30)17-12-21(36(2,33)34)23(31)29-13-17/h5-10,12-14,16H,3-4,11,15H2,1-2H3,(H2,27,32)(H,29,31)/t16-,25?/m0/s1. The molecule has 3 N–H and O–H groups in total. The van der Waals surface area contributed by atoms with Gasteiger partial charge in [-0.2, -0.15) is 0 Å². The Kier molecular flexibility index (Phi) is 6.96. The van der Waals surface area contributed by atoms with Gasteiger partial charge >= 0.3 is 0 Å². The molecule has 1 unspecified atom stereocenters. The number of primary amides is 1. The van der Waals surface area contributed by atoms with Gasteiger partial charge < -0.3 is 15.5 Å². The number of carbonyl (C=O) groups is 1. The average molecular weight is 515 g/mol. The number of aromatic nitrogens is 2. The summed E-state index contributed by atoms with van der Waals surface area (Å²) in [4.78, 5) is 33.4. The minimum absolute atomic E-state index is 0.129. The number of rotatable bonds is 7. The number of benzene rings is 1. The second-order valence-corrected chi connectivity index (χ2v) is 11.0. The number of hydrogen-bond acceptors (Lipinski definition) is 7. The lowest BCUT2D eigenvalue weighted by Crippen LogP contribution is -2.56. The van der Waals surface area contributed by atoms with E-state index in [0.29, 0.717) is 35.8 Å². The molecule has 3 heterocycles. The summed E-state index contributed by atoms with van der Waals surface area (Å²) in [6.45, 7) is 2.69. The maximum atomic E-state index is 13.1. The van der Waals surface area contributed by atoms with Crippen molar-refractivity contribution < 1.29 is 22.3 Å². The van der Waals surface area contributed by atoms with Crippen molar-refractivity contribution in [2.45, 2.75) is 36.1 Å². The van der Waals surface area contributed by atoms with Crippen LogP contribution in [0.1, 0.15) is 36.9 Å². The zero-order valence-electron chi connectivity index (χ0n) is 19.9.